The van der Waals surface area contributed by atoms with Crippen LogP contribution in [0.2, 0.25) is 0 Å². The maximum Gasteiger partial charge on any atom is 0.372 e. The van der Waals surface area contributed by atoms with Crippen molar-refractivity contribution < 1.29 is 14.7 Å². The van der Waals surface area contributed by atoms with Crippen LogP contribution in [0.25, 0.3) is 0 Å². The topological polar surface area (TPSA) is 54.4 Å². The average Bonchev–Trinajstić information content (AvgIpc) is 2.45. The van der Waals surface area contributed by atoms with Crippen LogP contribution in [-0.2, 0) is 9.59 Å². The molecule has 0 aromatic heterocycles. The molecule has 0 amide bonds. The molecule has 0 rings (SSSR count). The lowest BCUT2D eigenvalue weighted by molar-refractivity contribution is -0.150. The molecule has 23 heavy (non-hydrogen) atoms. The molecule has 0 aromatic carbocycles. The highest BCUT2D eigenvalue weighted by Crippen LogP contribution is 2.20. The smallest absolute Gasteiger partial charge is 0.372 e. The van der Waals surface area contributed by atoms with Gasteiger partial charge in [-0.25, -0.2) is 4.79 Å². The molecule has 3 atom stereocenters. The third-order valence-electron chi connectivity index (χ3n) is 4.46. The number of rotatable bonds is 13. The second-order valence-electron chi connectivity index (χ2n) is 7.59. The molecule has 0 heterocycles. The van der Waals surface area contributed by atoms with Gasteiger partial charge in [-0.3, -0.25) is 4.79 Å². The number of aliphatic carboxylic acids is 1. The minimum absolute atomic E-state index is 0.527. The molecular weight excluding hydrogens is 288 g/mol. The molecule has 0 spiro atoms. The molecular formula is C20H36O3. The van der Waals surface area contributed by atoms with E-state index in [0.717, 1.165) is 18.3 Å². The van der Waals surface area contributed by atoms with Gasteiger partial charge >= 0.3 is 5.97 Å². The maximum atomic E-state index is 11.2. The minimum atomic E-state index is -1.35. The Morgan fingerprint density at radius 3 is 1.91 bits per heavy atom. The maximum absolute atomic E-state index is 11.2. The van der Waals surface area contributed by atoms with Gasteiger partial charge in [-0.05, 0) is 24.2 Å². The Kier molecular flexibility index (Phi) is 11.7. The molecule has 0 aliphatic rings. The Morgan fingerprint density at radius 2 is 1.39 bits per heavy atom. The van der Waals surface area contributed by atoms with Crippen molar-refractivity contribution in [1.82, 2.24) is 0 Å². The molecule has 0 aliphatic heterocycles. The highest BCUT2D eigenvalue weighted by atomic mass is 16.4. The molecule has 1 N–H and O–H groups in total. The van der Waals surface area contributed by atoms with Gasteiger partial charge < -0.3 is 5.11 Å². The molecule has 134 valence electrons. The van der Waals surface area contributed by atoms with E-state index in [9.17, 15) is 9.59 Å². The lowest BCUT2D eigenvalue weighted by Crippen LogP contribution is -2.19. The highest BCUT2D eigenvalue weighted by Gasteiger charge is 2.17. The second-order valence-corrected chi connectivity index (χ2v) is 7.59. The van der Waals surface area contributed by atoms with Gasteiger partial charge in [0, 0.05) is 5.92 Å². The molecule has 0 aliphatic carbocycles. The summed E-state index contributed by atoms with van der Waals surface area (Å²) in [6, 6.07) is 0. The van der Waals surface area contributed by atoms with Crippen molar-refractivity contribution in [2.24, 2.45) is 23.7 Å². The van der Waals surface area contributed by atoms with E-state index in [4.69, 9.17) is 5.11 Å². The number of Topliss-reactive ketones (excluding diaryl/α,β-unsaturated/α-hetero) is 1. The van der Waals surface area contributed by atoms with Gasteiger partial charge in [-0.2, -0.15) is 0 Å². The molecule has 0 saturated carbocycles. The van der Waals surface area contributed by atoms with Crippen LogP contribution in [0.3, 0.4) is 0 Å². The van der Waals surface area contributed by atoms with Crippen molar-refractivity contribution in [3.8, 4) is 0 Å². The number of carbonyl (C=O) groups excluding carboxylic acids is 1. The minimum Gasteiger partial charge on any atom is -0.475 e. The summed E-state index contributed by atoms with van der Waals surface area (Å²) in [5.74, 6) is -0.401. The van der Waals surface area contributed by atoms with Gasteiger partial charge in [0.1, 0.15) is 0 Å². The Balaban J connectivity index is 3.80. The summed E-state index contributed by atoms with van der Waals surface area (Å²) < 4.78 is 0. The molecule has 3 nitrogen and oxygen atoms in total. The van der Waals surface area contributed by atoms with E-state index in [-0.39, 0.29) is 0 Å². The first-order valence-electron chi connectivity index (χ1n) is 9.17. The number of carboxylic acids is 1. The Bertz CT molecular complexity index is 371. The third kappa shape index (κ3) is 12.0. The van der Waals surface area contributed by atoms with Crippen LogP contribution in [-0.4, -0.2) is 16.9 Å². The average molecular weight is 325 g/mol. The van der Waals surface area contributed by atoms with Crippen molar-refractivity contribution in [3.05, 3.63) is 12.2 Å². The molecule has 0 fully saturated rings. The Hall–Kier alpha value is -1.12. The van der Waals surface area contributed by atoms with Crippen LogP contribution in [0.4, 0.5) is 0 Å². The van der Waals surface area contributed by atoms with E-state index < -0.39 is 17.7 Å². The lowest BCUT2D eigenvalue weighted by atomic mass is 9.92. The predicted molar refractivity (Wildman–Crippen MR) is 96.4 cm³/mol. The second kappa shape index (κ2) is 12.3. The standard InChI is InChI=1S/C20H36O3/c1-15(2)9-6-10-16(3)11-7-12-17(4)13-8-14-18(5)19(21)20(22)23/h8,14-18H,6-7,9-13H2,1-5H3,(H,22,23). The van der Waals surface area contributed by atoms with Gasteiger partial charge in [0.25, 0.3) is 0 Å². The van der Waals surface area contributed by atoms with Gasteiger partial charge in [0.2, 0.25) is 5.78 Å². The first-order valence-corrected chi connectivity index (χ1v) is 9.17. The predicted octanol–water partition coefficient (Wildman–Crippen LogP) is 5.49. The van der Waals surface area contributed by atoms with Crippen molar-refractivity contribution in [2.45, 2.75) is 79.6 Å². The molecule has 0 saturated heterocycles. The van der Waals surface area contributed by atoms with Crippen LogP contribution < -0.4 is 0 Å². The van der Waals surface area contributed by atoms with Crippen LogP contribution in [0, 0.1) is 23.7 Å². The zero-order valence-electron chi connectivity index (χ0n) is 15.7. The first kappa shape index (κ1) is 21.9. The van der Waals surface area contributed by atoms with Crippen molar-refractivity contribution in [3.63, 3.8) is 0 Å². The fourth-order valence-corrected chi connectivity index (χ4v) is 2.75. The van der Waals surface area contributed by atoms with Crippen molar-refractivity contribution >= 4 is 11.8 Å². The summed E-state index contributed by atoms with van der Waals surface area (Å²) in [6.45, 7) is 10.8. The van der Waals surface area contributed by atoms with Crippen LogP contribution in [0.1, 0.15) is 79.6 Å². The normalized spacial score (nSPS) is 15.7. The Labute approximate surface area is 142 Å². The summed E-state index contributed by atoms with van der Waals surface area (Å²) in [4.78, 5) is 21.8. The van der Waals surface area contributed by atoms with Gasteiger partial charge in [0.15, 0.2) is 0 Å². The summed E-state index contributed by atoms with van der Waals surface area (Å²) in [6.07, 6.45) is 12.3. The quantitative estimate of drug-likeness (QED) is 0.360. The SMILES string of the molecule is CC(C)CCCC(C)CCCC(C)CC=CC(C)C(=O)C(=O)O. The van der Waals surface area contributed by atoms with Gasteiger partial charge in [-0.1, -0.05) is 85.3 Å². The zero-order valence-corrected chi connectivity index (χ0v) is 15.7. The van der Waals surface area contributed by atoms with E-state index in [0.29, 0.717) is 5.92 Å². The van der Waals surface area contributed by atoms with E-state index in [1.54, 1.807) is 13.0 Å². The van der Waals surface area contributed by atoms with E-state index in [2.05, 4.69) is 27.7 Å². The fraction of sp³-hybridized carbons (Fsp3) is 0.800. The molecule has 0 bridgehead atoms. The summed E-state index contributed by atoms with van der Waals surface area (Å²) in [5.41, 5.74) is 0. The number of allylic oxidation sites excluding steroid dienone is 2. The number of hydrogen-bond acceptors (Lipinski definition) is 2. The van der Waals surface area contributed by atoms with Crippen LogP contribution in [0.15, 0.2) is 12.2 Å². The first-order chi connectivity index (χ1) is 10.7. The Morgan fingerprint density at radius 1 is 0.870 bits per heavy atom. The summed E-state index contributed by atoms with van der Waals surface area (Å²) in [7, 11) is 0. The van der Waals surface area contributed by atoms with Crippen LogP contribution in [0.5, 0.6) is 0 Å². The highest BCUT2D eigenvalue weighted by molar-refractivity contribution is 6.33. The molecule has 0 radical (unpaired) electrons. The number of carbonyl (C=O) groups is 2. The van der Waals surface area contributed by atoms with Gasteiger partial charge in [-0.15, -0.1) is 0 Å². The van der Waals surface area contributed by atoms with E-state index in [1.807, 2.05) is 6.08 Å². The van der Waals surface area contributed by atoms with E-state index >= 15 is 0 Å². The zero-order chi connectivity index (χ0) is 17.8. The fourth-order valence-electron chi connectivity index (χ4n) is 2.75. The monoisotopic (exact) mass is 324 g/mol. The summed E-state index contributed by atoms with van der Waals surface area (Å²) >= 11 is 0. The number of ketones is 1. The number of carboxylic acid groups (broad SMARTS) is 1. The molecule has 3 unspecified atom stereocenters. The van der Waals surface area contributed by atoms with Crippen molar-refractivity contribution in [1.29, 1.82) is 0 Å². The molecule has 0 aromatic rings. The number of hydrogen-bond donors (Lipinski definition) is 1. The summed E-state index contributed by atoms with van der Waals surface area (Å²) in [5, 5.41) is 8.64. The van der Waals surface area contributed by atoms with E-state index in [1.165, 1.54) is 38.5 Å². The largest absolute Gasteiger partial charge is 0.475 e. The van der Waals surface area contributed by atoms with Gasteiger partial charge in [0.05, 0.1) is 0 Å². The molecule has 3 heteroatoms. The lowest BCUT2D eigenvalue weighted by Gasteiger charge is -2.14. The van der Waals surface area contributed by atoms with Crippen molar-refractivity contribution in [2.75, 3.05) is 0 Å². The van der Waals surface area contributed by atoms with Crippen LogP contribution >= 0.6 is 0 Å². The third-order valence-corrected chi connectivity index (χ3v) is 4.46.